The number of carboxylic acid groups (broad SMARTS) is 1. The number of aromatic nitrogens is 1. The van der Waals surface area contributed by atoms with E-state index >= 15 is 4.39 Å². The number of fused-ring (bicyclic) bond motifs is 1. The van der Waals surface area contributed by atoms with Gasteiger partial charge < -0.3 is 29.9 Å². The van der Waals surface area contributed by atoms with Crippen molar-refractivity contribution in [3.63, 3.8) is 0 Å². The highest BCUT2D eigenvalue weighted by molar-refractivity contribution is 6.03. The van der Waals surface area contributed by atoms with Crippen LogP contribution in [-0.4, -0.2) is 60.9 Å². The second kappa shape index (κ2) is 7.71. The molecule has 1 aromatic heterocycles. The van der Waals surface area contributed by atoms with Crippen molar-refractivity contribution >= 4 is 28.2 Å². The van der Waals surface area contributed by atoms with Gasteiger partial charge in [-0.15, -0.1) is 0 Å². The maximum absolute atomic E-state index is 15.6. The summed E-state index contributed by atoms with van der Waals surface area (Å²) in [6, 6.07) is 0.354. The molecule has 4 rings (SSSR count). The summed E-state index contributed by atoms with van der Waals surface area (Å²) in [5, 5.41) is 9.38. The predicted octanol–water partition coefficient (Wildman–Crippen LogP) is 2.54. The third-order valence-corrected chi connectivity index (χ3v) is 6.79. The molecule has 1 aliphatic heterocycles. The summed E-state index contributed by atoms with van der Waals surface area (Å²) < 4.78 is 23.0. The standard InChI is InChI=1S/C22H29FN4O4/c1-11(25(2)3)12-7-8-26(9-12)19-16(23)17(24)15-18(21(19)31-4)27(13-5-6-13)10-14(20(15)28)22(29)30/h10-13H,5-9,24H2,1-4H3,(H,29,30)/t11-,12+/m0/s1. The molecule has 2 fully saturated rings. The molecule has 0 amide bonds. The number of aromatic carboxylic acids is 1. The van der Waals surface area contributed by atoms with Gasteiger partial charge in [0.2, 0.25) is 5.43 Å². The van der Waals surface area contributed by atoms with Gasteiger partial charge in [-0.1, -0.05) is 0 Å². The molecule has 0 bridgehead atoms. The molecule has 9 heteroatoms. The van der Waals surface area contributed by atoms with Gasteiger partial charge in [0.05, 0.1) is 23.7 Å². The van der Waals surface area contributed by atoms with Gasteiger partial charge in [0.25, 0.3) is 0 Å². The number of nitrogens with zero attached hydrogens (tertiary/aromatic N) is 3. The van der Waals surface area contributed by atoms with Crippen LogP contribution in [0, 0.1) is 11.7 Å². The lowest BCUT2D eigenvalue weighted by Crippen LogP contribution is -2.34. The summed E-state index contributed by atoms with van der Waals surface area (Å²) in [5.41, 5.74) is 5.23. The molecular formula is C22H29FN4O4. The van der Waals surface area contributed by atoms with E-state index in [1.54, 1.807) is 4.57 Å². The number of ether oxygens (including phenoxy) is 1. The molecule has 1 aromatic carbocycles. The molecule has 2 aromatic rings. The minimum atomic E-state index is -1.36. The van der Waals surface area contributed by atoms with Crippen LogP contribution in [-0.2, 0) is 0 Å². The van der Waals surface area contributed by atoms with Crippen molar-refractivity contribution in [2.75, 3.05) is 44.9 Å². The Morgan fingerprint density at radius 1 is 1.35 bits per heavy atom. The fourth-order valence-electron chi connectivity index (χ4n) is 4.64. The minimum absolute atomic E-state index is 0.0351. The number of benzene rings is 1. The zero-order chi connectivity index (χ0) is 22.6. The van der Waals surface area contributed by atoms with Crippen molar-refractivity contribution < 1.29 is 19.0 Å². The van der Waals surface area contributed by atoms with E-state index in [-0.39, 0.29) is 28.6 Å². The summed E-state index contributed by atoms with van der Waals surface area (Å²) in [4.78, 5) is 28.7. The number of carboxylic acids is 1. The Balaban J connectivity index is 1.96. The van der Waals surface area contributed by atoms with Crippen molar-refractivity contribution in [1.82, 2.24) is 9.47 Å². The highest BCUT2D eigenvalue weighted by Gasteiger charge is 2.36. The SMILES string of the molecule is COc1c(N2CC[C@@H]([C@H](C)N(C)C)C2)c(F)c(N)c2c(=O)c(C(=O)O)cn(C3CC3)c12. The normalized spacial score (nSPS) is 19.9. The molecule has 0 unspecified atom stereocenters. The van der Waals surface area contributed by atoms with Gasteiger partial charge >= 0.3 is 5.97 Å². The Labute approximate surface area is 180 Å². The molecule has 1 saturated heterocycles. The fourth-order valence-corrected chi connectivity index (χ4v) is 4.64. The van der Waals surface area contributed by atoms with Gasteiger partial charge in [-0.2, -0.15) is 0 Å². The van der Waals surface area contributed by atoms with Gasteiger partial charge in [-0.3, -0.25) is 4.79 Å². The van der Waals surface area contributed by atoms with E-state index in [0.29, 0.717) is 30.6 Å². The Hall–Kier alpha value is -2.81. The zero-order valence-electron chi connectivity index (χ0n) is 18.3. The monoisotopic (exact) mass is 432 g/mol. The van der Waals surface area contributed by atoms with Crippen molar-refractivity contribution in [2.45, 2.75) is 38.3 Å². The minimum Gasteiger partial charge on any atom is -0.492 e. The van der Waals surface area contributed by atoms with Crippen LogP contribution in [0.15, 0.2) is 11.0 Å². The molecule has 2 heterocycles. The highest BCUT2D eigenvalue weighted by Crippen LogP contribution is 2.47. The van der Waals surface area contributed by atoms with Crippen molar-refractivity contribution in [2.24, 2.45) is 5.92 Å². The number of anilines is 2. The summed E-state index contributed by atoms with van der Waals surface area (Å²) >= 11 is 0. The van der Waals surface area contributed by atoms with Crippen LogP contribution in [0.1, 0.15) is 42.6 Å². The van der Waals surface area contributed by atoms with Crippen molar-refractivity contribution in [3.05, 3.63) is 27.8 Å². The van der Waals surface area contributed by atoms with Crippen LogP contribution in [0.2, 0.25) is 0 Å². The van der Waals surface area contributed by atoms with Crippen LogP contribution in [0.5, 0.6) is 5.75 Å². The average molecular weight is 432 g/mol. The Bertz CT molecular complexity index is 1110. The summed E-state index contributed by atoms with van der Waals surface area (Å²) in [7, 11) is 5.49. The van der Waals surface area contributed by atoms with Gasteiger partial charge in [-0.25, -0.2) is 9.18 Å². The molecule has 0 radical (unpaired) electrons. The van der Waals surface area contributed by atoms with Crippen LogP contribution in [0.3, 0.4) is 0 Å². The van der Waals surface area contributed by atoms with Crippen LogP contribution < -0.4 is 20.8 Å². The van der Waals surface area contributed by atoms with E-state index in [4.69, 9.17) is 10.5 Å². The highest BCUT2D eigenvalue weighted by atomic mass is 19.1. The molecule has 2 atom stereocenters. The second-order valence-electron chi connectivity index (χ2n) is 8.85. The van der Waals surface area contributed by atoms with E-state index in [1.807, 2.05) is 19.0 Å². The summed E-state index contributed by atoms with van der Waals surface area (Å²) in [6.45, 7) is 3.43. The van der Waals surface area contributed by atoms with E-state index in [1.165, 1.54) is 13.3 Å². The Morgan fingerprint density at radius 3 is 2.58 bits per heavy atom. The topological polar surface area (TPSA) is 101 Å². The van der Waals surface area contributed by atoms with E-state index in [2.05, 4.69) is 11.8 Å². The van der Waals surface area contributed by atoms with E-state index in [0.717, 1.165) is 19.3 Å². The number of halogens is 1. The third kappa shape index (κ3) is 3.40. The average Bonchev–Trinajstić information content (AvgIpc) is 3.46. The number of nitrogens with two attached hydrogens (primary N) is 1. The first-order valence-electron chi connectivity index (χ1n) is 10.6. The molecule has 1 saturated carbocycles. The van der Waals surface area contributed by atoms with Crippen LogP contribution in [0.25, 0.3) is 10.9 Å². The van der Waals surface area contributed by atoms with Crippen LogP contribution >= 0.6 is 0 Å². The van der Waals surface area contributed by atoms with Gasteiger partial charge in [0, 0.05) is 31.4 Å². The van der Waals surface area contributed by atoms with Crippen molar-refractivity contribution in [3.8, 4) is 5.75 Å². The number of hydrogen-bond acceptors (Lipinski definition) is 6. The molecule has 8 nitrogen and oxygen atoms in total. The Morgan fingerprint density at radius 2 is 2.03 bits per heavy atom. The zero-order valence-corrected chi connectivity index (χ0v) is 18.3. The first-order chi connectivity index (χ1) is 14.7. The lowest BCUT2D eigenvalue weighted by molar-refractivity contribution is 0.0695. The molecule has 2 aliphatic rings. The largest absolute Gasteiger partial charge is 0.492 e. The Kier molecular flexibility index (Phi) is 5.33. The predicted molar refractivity (Wildman–Crippen MR) is 118 cm³/mol. The number of hydrogen-bond donors (Lipinski definition) is 2. The molecule has 1 aliphatic carbocycles. The molecular weight excluding hydrogens is 403 g/mol. The first kappa shape index (κ1) is 21.4. The first-order valence-corrected chi connectivity index (χ1v) is 10.6. The van der Waals surface area contributed by atoms with Gasteiger partial charge in [-0.05, 0) is 46.2 Å². The lowest BCUT2D eigenvalue weighted by atomic mass is 10.00. The fraction of sp³-hybridized carbons (Fsp3) is 0.545. The lowest BCUT2D eigenvalue weighted by Gasteiger charge is -2.28. The number of pyridine rings is 1. The van der Waals surface area contributed by atoms with E-state index in [9.17, 15) is 14.7 Å². The van der Waals surface area contributed by atoms with Crippen molar-refractivity contribution in [1.29, 1.82) is 0 Å². The number of rotatable bonds is 6. The molecule has 3 N–H and O–H groups in total. The van der Waals surface area contributed by atoms with Crippen LogP contribution in [0.4, 0.5) is 15.8 Å². The molecule has 168 valence electrons. The smallest absolute Gasteiger partial charge is 0.341 e. The molecule has 0 spiro atoms. The maximum Gasteiger partial charge on any atom is 0.341 e. The summed E-state index contributed by atoms with van der Waals surface area (Å²) in [6.07, 6.45) is 3.93. The number of nitrogen functional groups attached to an aromatic ring is 1. The van der Waals surface area contributed by atoms with Gasteiger partial charge in [0.15, 0.2) is 11.6 Å². The quantitative estimate of drug-likeness (QED) is 0.677. The number of carbonyl (C=O) groups is 1. The maximum atomic E-state index is 15.6. The van der Waals surface area contributed by atoms with Gasteiger partial charge in [0.1, 0.15) is 11.3 Å². The third-order valence-electron chi connectivity index (χ3n) is 6.79. The molecule has 31 heavy (non-hydrogen) atoms. The summed E-state index contributed by atoms with van der Waals surface area (Å²) in [5.74, 6) is -1.51. The number of methoxy groups -OCH3 is 1. The second-order valence-corrected chi connectivity index (χ2v) is 8.85. The van der Waals surface area contributed by atoms with E-state index < -0.39 is 22.8 Å².